The SMILES string of the molecule is Cn1c(=O)c2c(ncn2CC(=O)NCCc2ccccn2)n(C)c1=O.Cn1c(=O)c2c(ncn2CC(=O)NCc2ccccn2)n(C)c1=O.Cn1c(=O)c2c(ncn2CC(=O)NCc2ccncc2)n(C)c1=O.Cn1c(=O)c2c(ncn2CC(=O)Nc2ccc(N3CCCCC3)cc2)n(C)c1=O.Cn1c(=O)c2c(ncn2CC(=O)Nc2ccc3c(c2)OCCO3)n(C)c1=O. The van der Waals surface area contributed by atoms with Gasteiger partial charge in [0.1, 0.15) is 45.9 Å². The highest BCUT2D eigenvalue weighted by Crippen LogP contribution is 2.33. The summed E-state index contributed by atoms with van der Waals surface area (Å²) in [6, 6.07) is 27.6. The third-order valence-electron chi connectivity index (χ3n) is 21.2. The third kappa shape index (κ3) is 20.0. The summed E-state index contributed by atoms with van der Waals surface area (Å²) in [5, 5.41) is 13.9. The van der Waals surface area contributed by atoms with Crippen LogP contribution in [0.4, 0.5) is 17.1 Å². The summed E-state index contributed by atoms with van der Waals surface area (Å²) in [5.74, 6) is -0.211. The standard InChI is InChI=1S/C20H24N6O3.C17H17N5O5.C16H18N6O3.2C15H16N6O3/c1-23-18-17(19(28)24(2)20(23)29)26(13-21-18)12-16(27)22-14-6-8-15(9-7-14)25-10-4-3-5-11-25;1-20-15-14(16(24)21(2)17(20)25)22(9-18-15)8-13(23)19-10-3-4-11-12(7-10)27-6-5-26-11;1-20-14-13(15(24)21(2)16(20)25)22(10-19-14)9-12(23)18-8-6-11-5-3-4-7-17-11;1-19-13-12(14(23)20(2)15(19)24)21(9-18-13)8-11(22)17-7-10-3-5-16-6-4-10;1-19-13-12(14(23)20(2)15(19)24)21(9-18-13)8-11(22)17-7-10-5-3-4-6-16-10/h6-9,13H,3-5,10-12H2,1-2H3,(H,22,27);3-4,7,9H,5-6,8H2,1-2H3,(H,19,23);3-5,7,10H,6,8-9H2,1-2H3,(H,18,23);2*3-6,9H,7-8H2,1-2H3,(H,17,22). The Morgan fingerprint density at radius 3 is 1.08 bits per heavy atom. The second-order valence-corrected chi connectivity index (χ2v) is 30.0. The first-order valence-corrected chi connectivity index (χ1v) is 40.2. The fraction of sp³-hybridized carbons (Fsp3) is 0.313. The van der Waals surface area contributed by atoms with Gasteiger partial charge in [0.15, 0.2) is 67.3 Å². The van der Waals surface area contributed by atoms with Crippen LogP contribution in [-0.2, 0) is 147 Å². The van der Waals surface area contributed by atoms with Crippen molar-refractivity contribution in [3.63, 3.8) is 0 Å². The van der Waals surface area contributed by atoms with E-state index in [-0.39, 0.29) is 118 Å². The lowest BCUT2D eigenvalue weighted by Gasteiger charge is -2.28. The lowest BCUT2D eigenvalue weighted by molar-refractivity contribution is -0.122. The number of nitrogens with one attached hydrogen (secondary N) is 5. The van der Waals surface area contributed by atoms with Crippen LogP contribution in [0.2, 0.25) is 0 Å². The van der Waals surface area contributed by atoms with Gasteiger partial charge in [0.05, 0.1) is 43.9 Å². The number of imidazole rings is 5. The number of hydrogen-bond donors (Lipinski definition) is 5. The fourth-order valence-electron chi connectivity index (χ4n) is 14.2. The largest absolute Gasteiger partial charge is 0.486 e. The molecule has 5 N–H and O–H groups in total. The van der Waals surface area contributed by atoms with Gasteiger partial charge in [0.25, 0.3) is 27.8 Å². The number of carbonyl (C=O) groups is 5. The van der Waals surface area contributed by atoms with Crippen molar-refractivity contribution in [3.05, 3.63) is 269 Å². The van der Waals surface area contributed by atoms with Gasteiger partial charge in [-0.2, -0.15) is 0 Å². The van der Waals surface area contributed by atoms with Gasteiger partial charge in [0.2, 0.25) is 29.5 Å². The quantitative estimate of drug-likeness (QED) is 0.0573. The molecule has 5 amide bonds. The maximum atomic E-state index is 12.5. The number of aromatic nitrogens is 23. The molecule has 46 nitrogen and oxygen atoms in total. The summed E-state index contributed by atoms with van der Waals surface area (Å²) in [5.41, 5.74) is 2.58. The van der Waals surface area contributed by atoms with Gasteiger partial charge in [-0.15, -0.1) is 0 Å². The van der Waals surface area contributed by atoms with Crippen LogP contribution in [0.25, 0.3) is 55.8 Å². The molecule has 0 unspecified atom stereocenters. The molecule has 13 aromatic heterocycles. The Kier molecular flexibility index (Phi) is 27.6. The van der Waals surface area contributed by atoms with Gasteiger partial charge in [0, 0.05) is 157 Å². The molecule has 0 spiro atoms. The molecule has 0 bridgehead atoms. The van der Waals surface area contributed by atoms with E-state index in [1.807, 2.05) is 48.5 Å². The van der Waals surface area contributed by atoms with Crippen LogP contribution in [0.3, 0.4) is 0 Å². The zero-order valence-corrected chi connectivity index (χ0v) is 71.8. The molecule has 2 aromatic carbocycles. The highest BCUT2D eigenvalue weighted by molar-refractivity contribution is 5.93. The smallest absolute Gasteiger partial charge is 0.332 e. The molecular weight excluding hydrogens is 1680 g/mol. The van der Waals surface area contributed by atoms with Crippen LogP contribution >= 0.6 is 0 Å². The summed E-state index contributed by atoms with van der Waals surface area (Å²) in [7, 11) is 14.6. The Balaban J connectivity index is 0.000000138. The fourth-order valence-corrected chi connectivity index (χ4v) is 14.2. The predicted molar refractivity (Wildman–Crippen MR) is 471 cm³/mol. The second kappa shape index (κ2) is 39.5. The lowest BCUT2D eigenvalue weighted by atomic mass is 10.1. The van der Waals surface area contributed by atoms with Crippen LogP contribution in [0.15, 0.2) is 195 Å². The van der Waals surface area contributed by atoms with E-state index in [9.17, 15) is 71.9 Å². The maximum absolute atomic E-state index is 12.5. The number of anilines is 3. The van der Waals surface area contributed by atoms with E-state index in [4.69, 9.17) is 9.47 Å². The van der Waals surface area contributed by atoms with Crippen LogP contribution < -0.4 is 97.2 Å². The minimum absolute atomic E-state index is 0.0494. The first kappa shape index (κ1) is 90.1. The van der Waals surface area contributed by atoms with Gasteiger partial charge >= 0.3 is 28.4 Å². The van der Waals surface area contributed by atoms with Gasteiger partial charge in [-0.3, -0.25) is 109 Å². The highest BCUT2D eigenvalue weighted by atomic mass is 16.6. The lowest BCUT2D eigenvalue weighted by Crippen LogP contribution is -2.38. The molecule has 15 aromatic rings. The number of aryl methyl sites for hydroxylation is 5. The molecule has 0 aliphatic carbocycles. The van der Waals surface area contributed by atoms with Crippen molar-refractivity contribution >= 4 is 102 Å². The summed E-state index contributed by atoms with van der Waals surface area (Å²) < 4.78 is 29.6. The monoisotopic (exact) mass is 1770 g/mol. The van der Waals surface area contributed by atoms with Crippen molar-refractivity contribution in [1.29, 1.82) is 0 Å². The molecule has 0 saturated carbocycles. The number of amides is 5. The average Bonchev–Trinajstić information content (AvgIpc) is 1.67. The number of benzene rings is 2. The Bertz CT molecular complexity index is 7270. The molecule has 0 atom stereocenters. The minimum Gasteiger partial charge on any atom is -0.486 e. The number of nitrogens with zero attached hydrogens (tertiary/aromatic N) is 24. The van der Waals surface area contributed by atoms with Gasteiger partial charge in [-0.1, -0.05) is 12.1 Å². The van der Waals surface area contributed by atoms with Crippen LogP contribution in [0, 0.1) is 0 Å². The maximum Gasteiger partial charge on any atom is 0.332 e. The van der Waals surface area contributed by atoms with E-state index in [0.29, 0.717) is 62.1 Å². The van der Waals surface area contributed by atoms with Crippen molar-refractivity contribution in [3.8, 4) is 11.5 Å². The third-order valence-corrected chi connectivity index (χ3v) is 21.2. The Morgan fingerprint density at radius 2 is 0.690 bits per heavy atom. The number of fused-ring (bicyclic) bond motifs is 6. The van der Waals surface area contributed by atoms with Crippen molar-refractivity contribution < 1.29 is 33.4 Å². The van der Waals surface area contributed by atoms with E-state index in [1.54, 1.807) is 74.3 Å². The summed E-state index contributed by atoms with van der Waals surface area (Å²) >= 11 is 0. The number of hydrogen-bond acceptors (Lipinski definition) is 26. The molecule has 2 aliphatic rings. The molecule has 46 heteroatoms. The van der Waals surface area contributed by atoms with Crippen LogP contribution in [-0.4, -0.2) is 171 Å². The molecule has 17 rings (SSSR count). The first-order chi connectivity index (χ1) is 61.9. The zero-order valence-electron chi connectivity index (χ0n) is 71.8. The van der Waals surface area contributed by atoms with E-state index in [2.05, 4.69) is 71.4 Å². The molecule has 2 aliphatic heterocycles. The van der Waals surface area contributed by atoms with Gasteiger partial charge in [-0.05, 0) is 97.6 Å². The zero-order chi connectivity index (χ0) is 92.2. The van der Waals surface area contributed by atoms with Crippen molar-refractivity contribution in [2.24, 2.45) is 70.5 Å². The highest BCUT2D eigenvalue weighted by Gasteiger charge is 2.24. The number of piperidine rings is 1. The molecule has 0 radical (unpaired) electrons. The average molecular weight is 1770 g/mol. The number of rotatable bonds is 20. The molecule has 1 fully saturated rings. The van der Waals surface area contributed by atoms with E-state index >= 15 is 0 Å². The van der Waals surface area contributed by atoms with E-state index in [1.165, 1.54) is 160 Å². The molecule has 670 valence electrons. The first-order valence-electron chi connectivity index (χ1n) is 40.2. The van der Waals surface area contributed by atoms with Gasteiger partial charge in [-0.25, -0.2) is 48.9 Å². The predicted octanol–water partition coefficient (Wildman–Crippen LogP) is -1.62. The van der Waals surface area contributed by atoms with E-state index in [0.717, 1.165) is 58.6 Å². The Labute approximate surface area is 727 Å². The topological polar surface area (TPSA) is 515 Å². The van der Waals surface area contributed by atoms with Crippen LogP contribution in [0.1, 0.15) is 36.2 Å². The van der Waals surface area contributed by atoms with Crippen molar-refractivity contribution in [1.82, 2.24) is 124 Å². The molecule has 15 heterocycles. The number of carbonyl (C=O) groups excluding carboxylic acids is 5. The summed E-state index contributed by atoms with van der Waals surface area (Å²) in [4.78, 5) is 218. The Hall–Kier alpha value is -16.6. The normalized spacial score (nSPS) is 12.1. The summed E-state index contributed by atoms with van der Waals surface area (Å²) in [6.45, 7) is 3.80. The molecule has 1 saturated heterocycles. The summed E-state index contributed by atoms with van der Waals surface area (Å²) in [6.07, 6.45) is 17.9. The van der Waals surface area contributed by atoms with Crippen molar-refractivity contribution in [2.75, 3.05) is 48.4 Å². The second-order valence-electron chi connectivity index (χ2n) is 30.0. The Morgan fingerprint density at radius 1 is 0.341 bits per heavy atom. The van der Waals surface area contributed by atoms with Crippen molar-refractivity contribution in [2.45, 2.75) is 71.5 Å². The molecule has 129 heavy (non-hydrogen) atoms. The molecular formula is C83H91N29O17. The van der Waals surface area contributed by atoms with Crippen LogP contribution in [0.5, 0.6) is 11.5 Å². The van der Waals surface area contributed by atoms with Gasteiger partial charge < -0.3 is 63.8 Å². The van der Waals surface area contributed by atoms with E-state index < -0.39 is 56.2 Å². The number of ether oxygens (including phenoxy) is 2. The minimum atomic E-state index is -0.502. The number of pyridine rings is 3.